The molecule has 0 aliphatic rings. The first-order valence-electron chi connectivity index (χ1n) is 7.96. The third-order valence-corrected chi connectivity index (χ3v) is 3.47. The molecule has 3 N–H and O–H groups in total. The number of hydrogen-bond acceptors (Lipinski definition) is 4. The van der Waals surface area contributed by atoms with Crippen LogP contribution in [-0.2, 0) is 16.6 Å². The lowest BCUT2D eigenvalue weighted by Gasteiger charge is -2.16. The number of carboxylic acid groups (broad SMARTS) is 1. The van der Waals surface area contributed by atoms with Crippen molar-refractivity contribution in [1.82, 2.24) is 20.4 Å². The van der Waals surface area contributed by atoms with Crippen LogP contribution in [0, 0.1) is 5.92 Å². The van der Waals surface area contributed by atoms with Crippen molar-refractivity contribution in [1.29, 1.82) is 0 Å². The topological polar surface area (TPSA) is 113 Å². The summed E-state index contributed by atoms with van der Waals surface area (Å²) in [6.45, 7) is 7.40. The van der Waals surface area contributed by atoms with Gasteiger partial charge in [0.2, 0.25) is 5.91 Å². The number of nitrogens with zero attached hydrogens (tertiary/aromatic N) is 2. The zero-order valence-corrected chi connectivity index (χ0v) is 14.8. The summed E-state index contributed by atoms with van der Waals surface area (Å²) in [6.07, 6.45) is 0.328. The van der Waals surface area contributed by atoms with E-state index in [0.717, 1.165) is 5.69 Å². The lowest BCUT2D eigenvalue weighted by molar-refractivity contribution is -0.142. The first-order chi connectivity index (χ1) is 11.1. The molecule has 0 aliphatic heterocycles. The first kappa shape index (κ1) is 19.7. The summed E-state index contributed by atoms with van der Waals surface area (Å²) in [4.78, 5) is 35.1. The maximum absolute atomic E-state index is 12.1. The number of hydrogen-bond donors (Lipinski definition) is 3. The Bertz CT molecular complexity index is 607. The van der Waals surface area contributed by atoms with Crippen LogP contribution < -0.4 is 10.6 Å². The van der Waals surface area contributed by atoms with Gasteiger partial charge in [-0.25, -0.2) is 4.79 Å². The number of aryl methyl sites for hydroxylation is 1. The molecule has 8 heteroatoms. The van der Waals surface area contributed by atoms with E-state index in [1.54, 1.807) is 13.1 Å². The van der Waals surface area contributed by atoms with Gasteiger partial charge in [0.25, 0.3) is 5.91 Å². The Balaban J connectivity index is 2.60. The maximum Gasteiger partial charge on any atom is 0.326 e. The number of amides is 2. The number of aliphatic carboxylic acids is 1. The van der Waals surface area contributed by atoms with Crippen molar-refractivity contribution in [2.75, 3.05) is 6.54 Å². The quantitative estimate of drug-likeness (QED) is 0.651. The fourth-order valence-electron chi connectivity index (χ4n) is 2.17. The van der Waals surface area contributed by atoms with E-state index in [1.165, 1.54) is 4.68 Å². The van der Waals surface area contributed by atoms with Crippen LogP contribution >= 0.6 is 0 Å². The molecule has 0 bridgehead atoms. The molecular weight excluding hydrogens is 312 g/mol. The van der Waals surface area contributed by atoms with Gasteiger partial charge in [0.05, 0.1) is 12.2 Å². The van der Waals surface area contributed by atoms with Crippen molar-refractivity contribution in [2.24, 2.45) is 13.0 Å². The standard InChI is InChI=1S/C16H26N4O4/c1-9(2)6-12(16(23)24)18-14(21)8-17-15(22)13-7-11(10(3)4)19-20(13)5/h7,9-10,12H,6,8H2,1-5H3,(H,17,22)(H,18,21)(H,23,24)/t12-/m0/s1. The minimum absolute atomic E-state index is 0.130. The predicted octanol–water partition coefficient (Wildman–Crippen LogP) is 0.889. The Kier molecular flexibility index (Phi) is 6.94. The van der Waals surface area contributed by atoms with Crippen LogP contribution in [0.3, 0.4) is 0 Å². The van der Waals surface area contributed by atoms with Gasteiger partial charge >= 0.3 is 5.97 Å². The monoisotopic (exact) mass is 338 g/mol. The number of rotatable bonds is 8. The predicted molar refractivity (Wildman–Crippen MR) is 88.7 cm³/mol. The van der Waals surface area contributed by atoms with Gasteiger partial charge < -0.3 is 15.7 Å². The second kappa shape index (κ2) is 8.47. The van der Waals surface area contributed by atoms with Crippen molar-refractivity contribution in [3.8, 4) is 0 Å². The van der Waals surface area contributed by atoms with Crippen LogP contribution in [0.4, 0.5) is 0 Å². The molecule has 0 aliphatic carbocycles. The summed E-state index contributed by atoms with van der Waals surface area (Å²) < 4.78 is 1.46. The summed E-state index contributed by atoms with van der Waals surface area (Å²) in [6, 6.07) is 0.718. The molecule has 8 nitrogen and oxygen atoms in total. The van der Waals surface area contributed by atoms with Crippen molar-refractivity contribution in [2.45, 2.75) is 46.1 Å². The van der Waals surface area contributed by atoms with E-state index in [1.807, 2.05) is 27.7 Å². The highest BCUT2D eigenvalue weighted by molar-refractivity contribution is 5.95. The van der Waals surface area contributed by atoms with Crippen LogP contribution in [0.15, 0.2) is 6.07 Å². The van der Waals surface area contributed by atoms with Crippen LogP contribution in [0.5, 0.6) is 0 Å². The molecule has 1 aromatic heterocycles. The summed E-state index contributed by atoms with van der Waals surface area (Å²) in [5.41, 5.74) is 1.14. The third kappa shape index (κ3) is 5.68. The molecule has 1 atom stereocenters. The summed E-state index contributed by atoms with van der Waals surface area (Å²) in [5, 5.41) is 18.2. The third-order valence-electron chi connectivity index (χ3n) is 3.47. The Morgan fingerprint density at radius 2 is 1.88 bits per heavy atom. The molecule has 0 fully saturated rings. The molecule has 0 radical (unpaired) electrons. The zero-order valence-electron chi connectivity index (χ0n) is 14.8. The Hall–Kier alpha value is -2.38. The summed E-state index contributed by atoms with van der Waals surface area (Å²) in [7, 11) is 1.66. The summed E-state index contributed by atoms with van der Waals surface area (Å²) >= 11 is 0. The molecule has 0 spiro atoms. The van der Waals surface area contributed by atoms with Gasteiger partial charge in [-0.3, -0.25) is 14.3 Å². The van der Waals surface area contributed by atoms with Crippen molar-refractivity contribution < 1.29 is 19.5 Å². The molecule has 1 aromatic rings. The van der Waals surface area contributed by atoms with Crippen molar-refractivity contribution in [3.05, 3.63) is 17.5 Å². The number of carboxylic acids is 1. The molecule has 0 aromatic carbocycles. The second-order valence-corrected chi connectivity index (χ2v) is 6.50. The van der Waals surface area contributed by atoms with Gasteiger partial charge in [-0.15, -0.1) is 0 Å². The maximum atomic E-state index is 12.1. The number of carbonyl (C=O) groups excluding carboxylic acids is 2. The zero-order chi connectivity index (χ0) is 18.4. The summed E-state index contributed by atoms with van der Waals surface area (Å²) in [5.74, 6) is -1.74. The Morgan fingerprint density at radius 1 is 1.25 bits per heavy atom. The minimum atomic E-state index is -1.09. The van der Waals surface area contributed by atoms with Gasteiger partial charge in [-0.1, -0.05) is 27.7 Å². The first-order valence-corrected chi connectivity index (χ1v) is 7.96. The molecule has 0 saturated carbocycles. The largest absolute Gasteiger partial charge is 0.480 e. The highest BCUT2D eigenvalue weighted by atomic mass is 16.4. The Morgan fingerprint density at radius 3 is 2.33 bits per heavy atom. The van der Waals surface area contributed by atoms with E-state index in [2.05, 4.69) is 15.7 Å². The smallest absolute Gasteiger partial charge is 0.326 e. The molecule has 134 valence electrons. The second-order valence-electron chi connectivity index (χ2n) is 6.50. The van der Waals surface area contributed by atoms with Gasteiger partial charge in [0.1, 0.15) is 11.7 Å². The molecule has 2 amide bonds. The van der Waals surface area contributed by atoms with E-state index in [4.69, 9.17) is 5.11 Å². The van der Waals surface area contributed by atoms with Crippen LogP contribution in [0.1, 0.15) is 56.2 Å². The molecular formula is C16H26N4O4. The number of nitrogens with one attached hydrogen (secondary N) is 2. The van der Waals surface area contributed by atoms with E-state index in [9.17, 15) is 14.4 Å². The fourth-order valence-corrected chi connectivity index (χ4v) is 2.17. The average molecular weight is 338 g/mol. The van der Waals surface area contributed by atoms with Crippen molar-refractivity contribution in [3.63, 3.8) is 0 Å². The molecule has 0 saturated heterocycles. The van der Waals surface area contributed by atoms with Crippen LogP contribution in [0.25, 0.3) is 0 Å². The van der Waals surface area contributed by atoms with Gasteiger partial charge in [-0.05, 0) is 24.3 Å². The van der Waals surface area contributed by atoms with E-state index < -0.39 is 23.8 Å². The number of aromatic nitrogens is 2. The fraction of sp³-hybridized carbons (Fsp3) is 0.625. The van der Waals surface area contributed by atoms with E-state index >= 15 is 0 Å². The van der Waals surface area contributed by atoms with Crippen LogP contribution in [-0.4, -0.2) is 45.3 Å². The lowest BCUT2D eigenvalue weighted by Crippen LogP contribution is -2.46. The van der Waals surface area contributed by atoms with Crippen LogP contribution in [0.2, 0.25) is 0 Å². The van der Waals surface area contributed by atoms with Gasteiger partial charge in [-0.2, -0.15) is 5.10 Å². The van der Waals surface area contributed by atoms with Crippen molar-refractivity contribution >= 4 is 17.8 Å². The highest BCUT2D eigenvalue weighted by Gasteiger charge is 2.22. The Labute approximate surface area is 141 Å². The van der Waals surface area contributed by atoms with Gasteiger partial charge in [0.15, 0.2) is 0 Å². The van der Waals surface area contributed by atoms with E-state index in [0.29, 0.717) is 12.1 Å². The van der Waals surface area contributed by atoms with E-state index in [-0.39, 0.29) is 18.4 Å². The molecule has 0 unspecified atom stereocenters. The normalized spacial score (nSPS) is 12.3. The lowest BCUT2D eigenvalue weighted by atomic mass is 10.0. The molecule has 1 rings (SSSR count). The van der Waals surface area contributed by atoms with Gasteiger partial charge in [0, 0.05) is 7.05 Å². The molecule has 24 heavy (non-hydrogen) atoms. The highest BCUT2D eigenvalue weighted by Crippen LogP contribution is 2.13. The average Bonchev–Trinajstić information content (AvgIpc) is 2.85. The minimum Gasteiger partial charge on any atom is -0.480 e. The molecule has 1 heterocycles. The SMILES string of the molecule is CC(C)C[C@H](NC(=O)CNC(=O)c1cc(C(C)C)nn1C)C(=O)O. The number of carbonyl (C=O) groups is 3.